The molecule has 0 bridgehead atoms. The van der Waals surface area contributed by atoms with Gasteiger partial charge in [0.2, 0.25) is 0 Å². The third-order valence-electron chi connectivity index (χ3n) is 4.17. The fourth-order valence-electron chi connectivity index (χ4n) is 2.81. The van der Waals surface area contributed by atoms with E-state index in [-0.39, 0.29) is 17.0 Å². The van der Waals surface area contributed by atoms with Crippen LogP contribution in [0.5, 0.6) is 0 Å². The van der Waals surface area contributed by atoms with E-state index in [0.29, 0.717) is 16.7 Å². The molecule has 2 aromatic carbocycles. The topological polar surface area (TPSA) is 86.6 Å². The molecule has 0 aliphatic heterocycles. The molecule has 28 heavy (non-hydrogen) atoms. The first-order valence-electron chi connectivity index (χ1n) is 8.01. The number of sulfone groups is 1. The number of nitrogens with one attached hydrogen (secondary N) is 1. The molecule has 0 fully saturated rings. The number of nitrogens with zero attached hydrogens (tertiary/aromatic N) is 2. The van der Waals surface area contributed by atoms with E-state index in [1.54, 1.807) is 25.1 Å². The molecule has 9 heteroatoms. The molecule has 0 saturated heterocycles. The number of hydrogen-bond acceptors (Lipinski definition) is 4. The van der Waals surface area contributed by atoms with Crippen LogP contribution in [0.2, 0.25) is 0 Å². The van der Waals surface area contributed by atoms with E-state index in [2.05, 4.69) is 9.97 Å². The van der Waals surface area contributed by atoms with Gasteiger partial charge in [-0.05, 0) is 36.8 Å². The summed E-state index contributed by atoms with van der Waals surface area (Å²) in [5.74, 6) is -1.59. The summed E-state index contributed by atoms with van der Waals surface area (Å²) >= 11 is 0. The minimum absolute atomic E-state index is 0.123. The number of alkyl halides is 2. The predicted octanol–water partition coefficient (Wildman–Crippen LogP) is 4.40. The maximum absolute atomic E-state index is 14.3. The van der Waals surface area contributed by atoms with Crippen LogP contribution in [0.15, 0.2) is 41.3 Å². The van der Waals surface area contributed by atoms with Gasteiger partial charge in [-0.25, -0.2) is 26.6 Å². The minimum atomic E-state index is -3.77. The molecular formula is C19H14F3N3O2S. The standard InChI is InChI=1S/C19H14F3N3O2S/c1-10-7-11(3-4-13(10)9-23)16-17(25-19(24-16)18(21)22)12-5-6-15(14(20)8-12)28(2,26)27/h3-8,18H,1-2H3,(H,24,25). The Morgan fingerprint density at radius 1 is 1.14 bits per heavy atom. The molecular weight excluding hydrogens is 391 g/mol. The first-order valence-corrected chi connectivity index (χ1v) is 9.90. The van der Waals surface area contributed by atoms with Crippen molar-refractivity contribution in [3.8, 4) is 28.6 Å². The van der Waals surface area contributed by atoms with Gasteiger partial charge in [0.15, 0.2) is 15.7 Å². The third-order valence-corrected chi connectivity index (χ3v) is 5.30. The van der Waals surface area contributed by atoms with Crippen LogP contribution in [0.3, 0.4) is 0 Å². The highest BCUT2D eigenvalue weighted by molar-refractivity contribution is 7.90. The molecule has 144 valence electrons. The Bertz CT molecular complexity index is 1210. The van der Waals surface area contributed by atoms with Crippen molar-refractivity contribution in [1.29, 1.82) is 5.26 Å². The number of nitriles is 1. The number of aromatic nitrogens is 2. The molecule has 0 unspecified atom stereocenters. The first-order chi connectivity index (χ1) is 13.1. The summed E-state index contributed by atoms with van der Waals surface area (Å²) in [7, 11) is -3.77. The summed E-state index contributed by atoms with van der Waals surface area (Å²) in [5.41, 5.74) is 1.96. The lowest BCUT2D eigenvalue weighted by Crippen LogP contribution is -2.01. The lowest BCUT2D eigenvalue weighted by atomic mass is 10.0. The van der Waals surface area contributed by atoms with E-state index in [0.717, 1.165) is 18.4 Å². The fourth-order valence-corrected chi connectivity index (χ4v) is 3.53. The zero-order chi connectivity index (χ0) is 20.6. The van der Waals surface area contributed by atoms with Gasteiger partial charge in [-0.3, -0.25) is 0 Å². The summed E-state index contributed by atoms with van der Waals surface area (Å²) in [6, 6.07) is 10.1. The van der Waals surface area contributed by atoms with Gasteiger partial charge in [-0.15, -0.1) is 0 Å². The van der Waals surface area contributed by atoms with E-state index in [9.17, 15) is 21.6 Å². The highest BCUT2D eigenvalue weighted by atomic mass is 32.2. The molecule has 3 rings (SSSR count). The number of halogens is 3. The summed E-state index contributed by atoms with van der Waals surface area (Å²) < 4.78 is 63.9. The van der Waals surface area contributed by atoms with Gasteiger partial charge in [-0.1, -0.05) is 12.1 Å². The SMILES string of the molecule is Cc1cc(-c2nc(C(F)F)[nH]c2-c2ccc(S(C)(=O)=O)c(F)c2)ccc1C#N. The van der Waals surface area contributed by atoms with Crippen LogP contribution in [-0.4, -0.2) is 24.6 Å². The molecule has 0 radical (unpaired) electrons. The van der Waals surface area contributed by atoms with Crippen LogP contribution < -0.4 is 0 Å². The molecule has 0 spiro atoms. The van der Waals surface area contributed by atoms with Crippen molar-refractivity contribution in [2.75, 3.05) is 6.26 Å². The molecule has 0 amide bonds. The lowest BCUT2D eigenvalue weighted by molar-refractivity contribution is 0.141. The summed E-state index contributed by atoms with van der Waals surface area (Å²) in [6.45, 7) is 1.70. The number of benzene rings is 2. The van der Waals surface area contributed by atoms with Crippen LogP contribution in [-0.2, 0) is 9.84 Å². The first kappa shape index (κ1) is 19.6. The maximum Gasteiger partial charge on any atom is 0.295 e. The van der Waals surface area contributed by atoms with E-state index in [1.165, 1.54) is 6.07 Å². The van der Waals surface area contributed by atoms with Crippen LogP contribution >= 0.6 is 0 Å². The lowest BCUT2D eigenvalue weighted by Gasteiger charge is -2.07. The molecule has 0 aliphatic carbocycles. The number of hydrogen-bond donors (Lipinski definition) is 1. The molecule has 0 saturated carbocycles. The number of aryl methyl sites for hydroxylation is 1. The number of imidazole rings is 1. The highest BCUT2D eigenvalue weighted by Crippen LogP contribution is 2.34. The second kappa shape index (κ2) is 7.13. The maximum atomic E-state index is 14.3. The van der Waals surface area contributed by atoms with E-state index in [4.69, 9.17) is 5.26 Å². The number of H-pyrrole nitrogens is 1. The smallest absolute Gasteiger partial charge is 0.295 e. The van der Waals surface area contributed by atoms with Crippen molar-refractivity contribution in [2.45, 2.75) is 18.2 Å². The quantitative estimate of drug-likeness (QED) is 0.697. The number of rotatable bonds is 4. The zero-order valence-corrected chi connectivity index (χ0v) is 15.6. The fraction of sp³-hybridized carbons (Fsp3) is 0.158. The molecule has 5 nitrogen and oxygen atoms in total. The number of aromatic amines is 1. The van der Waals surface area contributed by atoms with Crippen molar-refractivity contribution < 1.29 is 21.6 Å². The van der Waals surface area contributed by atoms with E-state index < -0.39 is 32.8 Å². The van der Waals surface area contributed by atoms with Gasteiger partial charge in [0.25, 0.3) is 6.43 Å². The van der Waals surface area contributed by atoms with Gasteiger partial charge >= 0.3 is 0 Å². The molecule has 1 aromatic heterocycles. The normalized spacial score (nSPS) is 11.6. The molecule has 3 aromatic rings. The van der Waals surface area contributed by atoms with Gasteiger partial charge < -0.3 is 4.98 Å². The Hall–Kier alpha value is -3.12. The summed E-state index contributed by atoms with van der Waals surface area (Å²) in [6.07, 6.45) is -2.01. The average Bonchev–Trinajstić information content (AvgIpc) is 3.06. The Morgan fingerprint density at radius 3 is 2.36 bits per heavy atom. The van der Waals surface area contributed by atoms with Crippen molar-refractivity contribution in [3.63, 3.8) is 0 Å². The highest BCUT2D eigenvalue weighted by Gasteiger charge is 2.22. The second-order valence-electron chi connectivity index (χ2n) is 6.21. The van der Waals surface area contributed by atoms with Gasteiger partial charge in [0, 0.05) is 17.4 Å². The summed E-state index contributed by atoms with van der Waals surface area (Å²) in [4.78, 5) is 5.93. The Morgan fingerprint density at radius 2 is 1.82 bits per heavy atom. The van der Waals surface area contributed by atoms with Crippen LogP contribution in [0, 0.1) is 24.1 Å². The Labute approximate surface area is 159 Å². The van der Waals surface area contributed by atoms with Crippen molar-refractivity contribution in [2.24, 2.45) is 0 Å². The predicted molar refractivity (Wildman–Crippen MR) is 96.9 cm³/mol. The average molecular weight is 405 g/mol. The largest absolute Gasteiger partial charge is 0.337 e. The van der Waals surface area contributed by atoms with Crippen molar-refractivity contribution in [1.82, 2.24) is 9.97 Å². The molecule has 0 aliphatic rings. The van der Waals surface area contributed by atoms with Crippen molar-refractivity contribution >= 4 is 9.84 Å². The van der Waals surface area contributed by atoms with Crippen LogP contribution in [0.25, 0.3) is 22.5 Å². The summed E-state index contributed by atoms with van der Waals surface area (Å²) in [5, 5.41) is 9.05. The Kier molecular flexibility index (Phi) is 5.00. The van der Waals surface area contributed by atoms with Crippen LogP contribution in [0.1, 0.15) is 23.4 Å². The van der Waals surface area contributed by atoms with Gasteiger partial charge in [0.1, 0.15) is 10.7 Å². The zero-order valence-electron chi connectivity index (χ0n) is 14.8. The third kappa shape index (κ3) is 3.64. The molecule has 1 N–H and O–H groups in total. The van der Waals surface area contributed by atoms with E-state index in [1.807, 2.05) is 6.07 Å². The van der Waals surface area contributed by atoms with Gasteiger partial charge in [0.05, 0.1) is 23.0 Å². The van der Waals surface area contributed by atoms with Gasteiger partial charge in [-0.2, -0.15) is 5.26 Å². The van der Waals surface area contributed by atoms with E-state index >= 15 is 0 Å². The minimum Gasteiger partial charge on any atom is -0.337 e. The van der Waals surface area contributed by atoms with Crippen LogP contribution in [0.4, 0.5) is 13.2 Å². The monoisotopic (exact) mass is 405 g/mol. The van der Waals surface area contributed by atoms with Crippen molar-refractivity contribution in [3.05, 3.63) is 59.2 Å². The second-order valence-corrected chi connectivity index (χ2v) is 8.19. The molecule has 1 heterocycles. The Balaban J connectivity index is 2.21. The molecule has 0 atom stereocenters.